The Morgan fingerprint density at radius 2 is 2.11 bits per heavy atom. The lowest BCUT2D eigenvalue weighted by molar-refractivity contribution is 0.296. The minimum Gasteiger partial charge on any atom is -0.324 e. The van der Waals surface area contributed by atoms with Gasteiger partial charge in [0.2, 0.25) is 0 Å². The number of hydrogen-bond acceptors (Lipinski definition) is 1. The Bertz CT molecular complexity index is 422. The predicted octanol–water partition coefficient (Wildman–Crippen LogP) is 4.58. The Balaban J connectivity index is 1.69. The summed E-state index contributed by atoms with van der Waals surface area (Å²) in [5.74, 6) is 2.89. The van der Waals surface area contributed by atoms with E-state index >= 15 is 0 Å². The van der Waals surface area contributed by atoms with Crippen molar-refractivity contribution in [2.75, 3.05) is 0 Å². The normalized spacial score (nSPS) is 31.8. The molecule has 3 rings (SSSR count). The molecule has 0 spiro atoms. The summed E-state index contributed by atoms with van der Waals surface area (Å²) in [6, 6.07) is 6.78. The number of benzene rings is 1. The zero-order valence-corrected chi connectivity index (χ0v) is 12.6. The van der Waals surface area contributed by atoms with Crippen LogP contribution in [0.3, 0.4) is 0 Å². The van der Waals surface area contributed by atoms with Gasteiger partial charge in [-0.1, -0.05) is 28.4 Å². The molecular weight excluding hydrogens is 286 g/mol. The second kappa shape index (κ2) is 4.97. The van der Waals surface area contributed by atoms with Crippen molar-refractivity contribution in [3.8, 4) is 0 Å². The minimum atomic E-state index is 0.213. The van der Waals surface area contributed by atoms with Crippen molar-refractivity contribution in [2.24, 2.45) is 23.5 Å². The van der Waals surface area contributed by atoms with Crippen molar-refractivity contribution in [3.05, 3.63) is 33.8 Å². The molecule has 0 aromatic heterocycles. The lowest BCUT2D eigenvalue weighted by Crippen LogP contribution is -2.19. The number of hydrogen-bond donors (Lipinski definition) is 1. The minimum absolute atomic E-state index is 0.213. The van der Waals surface area contributed by atoms with Crippen molar-refractivity contribution in [1.29, 1.82) is 0 Å². The van der Waals surface area contributed by atoms with Crippen molar-refractivity contribution in [2.45, 2.75) is 45.1 Å². The average molecular weight is 308 g/mol. The van der Waals surface area contributed by atoms with Crippen LogP contribution in [0.4, 0.5) is 0 Å². The first kappa shape index (κ1) is 12.7. The average Bonchev–Trinajstić information content (AvgIpc) is 2.89. The Hall–Kier alpha value is -0.340. The van der Waals surface area contributed by atoms with Gasteiger partial charge in [0.25, 0.3) is 0 Å². The van der Waals surface area contributed by atoms with Crippen LogP contribution in [0.5, 0.6) is 0 Å². The SMILES string of the molecule is Cc1cc(Br)cc(C(N)CC2CC3CCC2C3)c1. The van der Waals surface area contributed by atoms with Crippen molar-refractivity contribution >= 4 is 15.9 Å². The summed E-state index contributed by atoms with van der Waals surface area (Å²) in [4.78, 5) is 0. The van der Waals surface area contributed by atoms with Crippen LogP contribution in [0.25, 0.3) is 0 Å². The van der Waals surface area contributed by atoms with E-state index in [1.54, 1.807) is 0 Å². The molecular formula is C16H22BrN. The number of rotatable bonds is 3. The van der Waals surface area contributed by atoms with Crippen molar-refractivity contribution in [1.82, 2.24) is 0 Å². The van der Waals surface area contributed by atoms with Crippen LogP contribution in [-0.4, -0.2) is 0 Å². The maximum atomic E-state index is 6.42. The lowest BCUT2D eigenvalue weighted by atomic mass is 9.83. The van der Waals surface area contributed by atoms with E-state index < -0.39 is 0 Å². The number of aryl methyl sites for hydroxylation is 1. The molecule has 0 saturated heterocycles. The summed E-state index contributed by atoms with van der Waals surface area (Å²) in [5, 5.41) is 0. The topological polar surface area (TPSA) is 26.0 Å². The summed E-state index contributed by atoms with van der Waals surface area (Å²) in [6.45, 7) is 2.14. The Morgan fingerprint density at radius 3 is 2.72 bits per heavy atom. The second-order valence-electron chi connectivity index (χ2n) is 6.34. The highest BCUT2D eigenvalue weighted by Crippen LogP contribution is 2.50. The molecule has 2 saturated carbocycles. The summed E-state index contributed by atoms with van der Waals surface area (Å²) >= 11 is 3.57. The fraction of sp³-hybridized carbons (Fsp3) is 0.625. The van der Waals surface area contributed by atoms with Gasteiger partial charge in [-0.05, 0) is 73.6 Å². The molecule has 18 heavy (non-hydrogen) atoms. The highest BCUT2D eigenvalue weighted by atomic mass is 79.9. The van der Waals surface area contributed by atoms with Crippen LogP contribution in [0.1, 0.15) is 49.3 Å². The van der Waals surface area contributed by atoms with Gasteiger partial charge in [-0.15, -0.1) is 0 Å². The molecule has 4 atom stereocenters. The molecule has 0 heterocycles. The number of fused-ring (bicyclic) bond motifs is 2. The Labute approximate surface area is 118 Å². The van der Waals surface area contributed by atoms with Gasteiger partial charge >= 0.3 is 0 Å². The largest absolute Gasteiger partial charge is 0.324 e. The second-order valence-corrected chi connectivity index (χ2v) is 7.25. The summed E-state index contributed by atoms with van der Waals surface area (Å²) < 4.78 is 1.15. The molecule has 2 aliphatic rings. The van der Waals surface area contributed by atoms with Gasteiger partial charge in [0.15, 0.2) is 0 Å². The van der Waals surface area contributed by atoms with E-state index in [0.29, 0.717) is 0 Å². The lowest BCUT2D eigenvalue weighted by Gasteiger charge is -2.25. The zero-order valence-electron chi connectivity index (χ0n) is 11.0. The molecule has 2 N–H and O–H groups in total. The smallest absolute Gasteiger partial charge is 0.0298 e. The van der Waals surface area contributed by atoms with Gasteiger partial charge in [0.1, 0.15) is 0 Å². The molecule has 0 amide bonds. The molecule has 1 aromatic carbocycles. The molecule has 0 aliphatic heterocycles. The van der Waals surface area contributed by atoms with Gasteiger partial charge in [-0.2, -0.15) is 0 Å². The van der Waals surface area contributed by atoms with Gasteiger partial charge in [-0.25, -0.2) is 0 Å². The van der Waals surface area contributed by atoms with E-state index in [2.05, 4.69) is 41.1 Å². The zero-order chi connectivity index (χ0) is 12.7. The van der Waals surface area contributed by atoms with E-state index in [4.69, 9.17) is 5.73 Å². The number of halogens is 1. The summed E-state index contributed by atoms with van der Waals surface area (Å²) in [5.41, 5.74) is 9.01. The van der Waals surface area contributed by atoms with Gasteiger partial charge in [-0.3, -0.25) is 0 Å². The molecule has 2 fully saturated rings. The maximum absolute atomic E-state index is 6.42. The fourth-order valence-electron chi connectivity index (χ4n) is 4.11. The molecule has 1 aromatic rings. The van der Waals surface area contributed by atoms with Gasteiger partial charge in [0, 0.05) is 10.5 Å². The van der Waals surface area contributed by atoms with E-state index in [9.17, 15) is 0 Å². The molecule has 1 nitrogen and oxygen atoms in total. The van der Waals surface area contributed by atoms with Crippen LogP contribution < -0.4 is 5.73 Å². The Morgan fingerprint density at radius 1 is 1.28 bits per heavy atom. The first-order valence-corrected chi connectivity index (χ1v) is 7.94. The maximum Gasteiger partial charge on any atom is 0.0298 e. The quantitative estimate of drug-likeness (QED) is 0.869. The monoisotopic (exact) mass is 307 g/mol. The molecule has 2 bridgehead atoms. The third-order valence-electron chi connectivity index (χ3n) is 4.93. The third kappa shape index (κ3) is 2.50. The molecule has 0 radical (unpaired) electrons. The van der Waals surface area contributed by atoms with Crippen LogP contribution in [0.2, 0.25) is 0 Å². The number of nitrogens with two attached hydrogens (primary N) is 1. The highest BCUT2D eigenvalue weighted by Gasteiger charge is 2.39. The van der Waals surface area contributed by atoms with Crippen molar-refractivity contribution < 1.29 is 0 Å². The summed E-state index contributed by atoms with van der Waals surface area (Å²) in [6.07, 6.45) is 7.03. The van der Waals surface area contributed by atoms with E-state index in [0.717, 1.165) is 22.2 Å². The third-order valence-corrected chi connectivity index (χ3v) is 5.39. The predicted molar refractivity (Wildman–Crippen MR) is 79.4 cm³/mol. The van der Waals surface area contributed by atoms with Crippen molar-refractivity contribution in [3.63, 3.8) is 0 Å². The molecule has 98 valence electrons. The van der Waals surface area contributed by atoms with Crippen LogP contribution in [0.15, 0.2) is 22.7 Å². The van der Waals surface area contributed by atoms with E-state index in [-0.39, 0.29) is 6.04 Å². The van der Waals surface area contributed by atoms with Gasteiger partial charge in [0.05, 0.1) is 0 Å². The fourth-order valence-corrected chi connectivity index (χ4v) is 4.73. The summed E-state index contributed by atoms with van der Waals surface area (Å²) in [7, 11) is 0. The van der Waals surface area contributed by atoms with E-state index in [1.807, 2.05) is 0 Å². The molecule has 4 unspecified atom stereocenters. The molecule has 2 aliphatic carbocycles. The van der Waals surface area contributed by atoms with E-state index in [1.165, 1.54) is 43.2 Å². The first-order valence-electron chi connectivity index (χ1n) is 7.14. The standard InChI is InChI=1S/C16H22BrN/c1-10-4-14(8-15(17)5-10)16(18)9-13-7-11-2-3-12(13)6-11/h4-5,8,11-13,16H,2-3,6-7,9,18H2,1H3. The first-order chi connectivity index (χ1) is 8.61. The van der Waals surface area contributed by atoms with Gasteiger partial charge < -0.3 is 5.73 Å². The molecule has 2 heteroatoms. The van der Waals surface area contributed by atoms with Crippen LogP contribution in [0, 0.1) is 24.7 Å². The Kier molecular flexibility index (Phi) is 3.50. The highest BCUT2D eigenvalue weighted by molar-refractivity contribution is 9.10. The van der Waals surface area contributed by atoms with Crippen LogP contribution in [-0.2, 0) is 0 Å². The van der Waals surface area contributed by atoms with Crippen LogP contribution >= 0.6 is 15.9 Å².